The minimum atomic E-state index is -1.24. The summed E-state index contributed by atoms with van der Waals surface area (Å²) >= 11 is 1.55. The minimum absolute atomic E-state index is 0.795. The average molecular weight is 352 g/mol. The highest BCUT2D eigenvalue weighted by molar-refractivity contribution is 7.14. The van der Waals surface area contributed by atoms with E-state index in [2.05, 4.69) is 71.6 Å². The van der Waals surface area contributed by atoms with Crippen LogP contribution in [0.2, 0.25) is 19.6 Å². The van der Waals surface area contributed by atoms with Crippen LogP contribution >= 0.6 is 11.3 Å². The van der Waals surface area contributed by atoms with Crippen LogP contribution in [0.15, 0.2) is 65.1 Å². The Bertz CT molecular complexity index is 818. The molecule has 3 aromatic rings. The SMILES string of the molecule is C[Si](C)(C)c1ccc(C=NNc2nc(-c3ccccc3)cs2)cc1. The van der Waals surface area contributed by atoms with Crippen LogP contribution in [0.5, 0.6) is 0 Å². The van der Waals surface area contributed by atoms with Crippen LogP contribution in [0.3, 0.4) is 0 Å². The second-order valence-electron chi connectivity index (χ2n) is 6.65. The largest absolute Gasteiger partial charge is 0.253 e. The van der Waals surface area contributed by atoms with Gasteiger partial charge in [0.25, 0.3) is 0 Å². The van der Waals surface area contributed by atoms with Gasteiger partial charge in [0, 0.05) is 10.9 Å². The molecule has 0 saturated carbocycles. The van der Waals surface area contributed by atoms with Crippen LogP contribution in [0.4, 0.5) is 5.13 Å². The first-order valence-corrected chi connectivity index (χ1v) is 12.3. The Labute approximate surface area is 148 Å². The van der Waals surface area contributed by atoms with Crippen molar-refractivity contribution in [2.24, 2.45) is 5.10 Å². The second-order valence-corrected chi connectivity index (χ2v) is 12.6. The van der Waals surface area contributed by atoms with Gasteiger partial charge in [0.15, 0.2) is 0 Å². The molecule has 1 aromatic heterocycles. The van der Waals surface area contributed by atoms with Gasteiger partial charge in [0.2, 0.25) is 5.13 Å². The Kier molecular flexibility index (Phi) is 4.92. The molecule has 1 heterocycles. The molecule has 2 aromatic carbocycles. The Morgan fingerprint density at radius 1 is 1.00 bits per heavy atom. The normalized spacial score (nSPS) is 11.8. The number of nitrogens with zero attached hydrogens (tertiary/aromatic N) is 2. The van der Waals surface area contributed by atoms with Crippen molar-refractivity contribution in [3.05, 3.63) is 65.5 Å². The maximum absolute atomic E-state index is 4.56. The summed E-state index contributed by atoms with van der Waals surface area (Å²) in [4.78, 5) is 4.56. The van der Waals surface area contributed by atoms with Crippen molar-refractivity contribution >= 4 is 35.9 Å². The predicted molar refractivity (Wildman–Crippen MR) is 108 cm³/mol. The van der Waals surface area contributed by atoms with Crippen LogP contribution in [-0.4, -0.2) is 19.3 Å². The lowest BCUT2D eigenvalue weighted by atomic mass is 10.2. The Morgan fingerprint density at radius 2 is 1.71 bits per heavy atom. The fraction of sp³-hybridized carbons (Fsp3) is 0.158. The van der Waals surface area contributed by atoms with E-state index in [1.54, 1.807) is 11.3 Å². The van der Waals surface area contributed by atoms with Crippen LogP contribution in [0.25, 0.3) is 11.3 Å². The molecule has 0 spiro atoms. The summed E-state index contributed by atoms with van der Waals surface area (Å²) in [6.45, 7) is 7.05. The van der Waals surface area contributed by atoms with E-state index in [0.29, 0.717) is 0 Å². The maximum atomic E-state index is 4.56. The third-order valence-electron chi connectivity index (χ3n) is 3.72. The van der Waals surface area contributed by atoms with Crippen LogP contribution in [0.1, 0.15) is 5.56 Å². The van der Waals surface area contributed by atoms with Crippen LogP contribution < -0.4 is 10.6 Å². The zero-order chi connectivity index (χ0) is 17.0. The van der Waals surface area contributed by atoms with Gasteiger partial charge in [-0.25, -0.2) is 4.98 Å². The van der Waals surface area contributed by atoms with Crippen LogP contribution in [-0.2, 0) is 0 Å². The summed E-state index contributed by atoms with van der Waals surface area (Å²) in [5.41, 5.74) is 6.19. The van der Waals surface area contributed by atoms with Gasteiger partial charge in [-0.3, -0.25) is 5.43 Å². The molecule has 0 saturated heterocycles. The lowest BCUT2D eigenvalue weighted by Crippen LogP contribution is -2.37. The van der Waals surface area contributed by atoms with Gasteiger partial charge in [-0.2, -0.15) is 5.10 Å². The maximum Gasteiger partial charge on any atom is 0.203 e. The fourth-order valence-electron chi connectivity index (χ4n) is 2.30. The number of benzene rings is 2. The van der Waals surface area contributed by atoms with Gasteiger partial charge >= 0.3 is 0 Å². The first-order valence-electron chi connectivity index (χ1n) is 7.93. The summed E-state index contributed by atoms with van der Waals surface area (Å²) in [7, 11) is -1.24. The summed E-state index contributed by atoms with van der Waals surface area (Å²) in [5, 5.41) is 8.59. The van der Waals surface area contributed by atoms with Gasteiger partial charge in [-0.15, -0.1) is 11.3 Å². The summed E-state index contributed by atoms with van der Waals surface area (Å²) in [5.74, 6) is 0. The number of anilines is 1. The highest BCUT2D eigenvalue weighted by Crippen LogP contribution is 2.24. The van der Waals surface area contributed by atoms with Gasteiger partial charge in [0.1, 0.15) is 0 Å². The first-order chi connectivity index (χ1) is 11.5. The van der Waals surface area contributed by atoms with E-state index < -0.39 is 8.07 Å². The predicted octanol–water partition coefficient (Wildman–Crippen LogP) is 4.80. The van der Waals surface area contributed by atoms with Crippen molar-refractivity contribution in [2.45, 2.75) is 19.6 Å². The Hall–Kier alpha value is -2.24. The average Bonchev–Trinajstić information content (AvgIpc) is 3.04. The third-order valence-corrected chi connectivity index (χ3v) is 6.54. The van der Waals surface area contributed by atoms with E-state index in [1.165, 1.54) is 5.19 Å². The molecule has 24 heavy (non-hydrogen) atoms. The monoisotopic (exact) mass is 351 g/mol. The molecule has 122 valence electrons. The molecular formula is C19H21N3SSi. The van der Waals surface area contributed by atoms with Gasteiger partial charge in [-0.05, 0) is 5.56 Å². The number of nitrogens with one attached hydrogen (secondary N) is 1. The molecule has 3 rings (SSSR count). The van der Waals surface area contributed by atoms with E-state index in [-0.39, 0.29) is 0 Å². The number of rotatable bonds is 5. The number of hydrogen-bond donors (Lipinski definition) is 1. The number of hydrogen-bond acceptors (Lipinski definition) is 4. The zero-order valence-corrected chi connectivity index (χ0v) is 16.0. The van der Waals surface area contributed by atoms with Crippen molar-refractivity contribution < 1.29 is 0 Å². The number of aromatic nitrogens is 1. The lowest BCUT2D eigenvalue weighted by Gasteiger charge is -2.16. The minimum Gasteiger partial charge on any atom is -0.253 e. The quantitative estimate of drug-likeness (QED) is 0.407. The molecule has 0 fully saturated rings. The van der Waals surface area contributed by atoms with Crippen molar-refractivity contribution in [3.8, 4) is 11.3 Å². The molecule has 0 aliphatic carbocycles. The molecule has 0 unspecified atom stereocenters. The van der Waals surface area contributed by atoms with E-state index in [4.69, 9.17) is 0 Å². The van der Waals surface area contributed by atoms with Gasteiger partial charge < -0.3 is 0 Å². The van der Waals surface area contributed by atoms with Crippen molar-refractivity contribution in [1.82, 2.24) is 4.98 Å². The Balaban J connectivity index is 1.64. The molecular weight excluding hydrogens is 330 g/mol. The van der Waals surface area contributed by atoms with Gasteiger partial charge in [-0.1, -0.05) is 79.4 Å². The molecule has 0 aliphatic rings. The standard InChI is InChI=1S/C19H21N3SSi/c1-24(2,3)17-11-9-15(10-12-17)13-20-22-19-21-18(14-23-19)16-7-5-4-6-8-16/h4-14H,1-3H3,(H,21,22). The summed E-state index contributed by atoms with van der Waals surface area (Å²) in [6.07, 6.45) is 1.83. The first kappa shape index (κ1) is 16.6. The highest BCUT2D eigenvalue weighted by atomic mass is 32.1. The molecule has 0 amide bonds. The molecule has 1 N–H and O–H groups in total. The van der Waals surface area contributed by atoms with Crippen LogP contribution in [0, 0.1) is 0 Å². The van der Waals surface area contributed by atoms with E-state index >= 15 is 0 Å². The van der Waals surface area contributed by atoms with Crippen molar-refractivity contribution in [2.75, 3.05) is 5.43 Å². The fourth-order valence-corrected chi connectivity index (χ4v) is 4.13. The molecule has 0 aliphatic heterocycles. The molecule has 0 bridgehead atoms. The lowest BCUT2D eigenvalue weighted by molar-refractivity contribution is 1.29. The second kappa shape index (κ2) is 7.11. The van der Waals surface area contributed by atoms with Crippen molar-refractivity contribution in [1.29, 1.82) is 0 Å². The van der Waals surface area contributed by atoms with Crippen molar-refractivity contribution in [3.63, 3.8) is 0 Å². The highest BCUT2D eigenvalue weighted by Gasteiger charge is 2.15. The van der Waals surface area contributed by atoms with Gasteiger partial charge in [0.05, 0.1) is 20.0 Å². The number of hydrazone groups is 1. The molecule has 3 nitrogen and oxygen atoms in total. The molecule has 0 radical (unpaired) electrons. The molecule has 5 heteroatoms. The third kappa shape index (κ3) is 4.18. The van der Waals surface area contributed by atoms with E-state index in [1.807, 2.05) is 29.8 Å². The summed E-state index contributed by atoms with van der Waals surface area (Å²) < 4.78 is 0. The van der Waals surface area contributed by atoms with E-state index in [9.17, 15) is 0 Å². The van der Waals surface area contributed by atoms with E-state index in [0.717, 1.165) is 22.0 Å². The zero-order valence-electron chi connectivity index (χ0n) is 14.2. The Morgan fingerprint density at radius 3 is 2.38 bits per heavy atom. The molecule has 0 atom stereocenters. The summed E-state index contributed by atoms with van der Waals surface area (Å²) in [6, 6.07) is 18.8. The smallest absolute Gasteiger partial charge is 0.203 e. The topological polar surface area (TPSA) is 37.3 Å². The number of thiazole rings is 1.